The molecule has 6 heteroatoms. The second-order valence-corrected chi connectivity index (χ2v) is 8.66. The van der Waals surface area contributed by atoms with E-state index in [0.717, 1.165) is 87.6 Å². The Morgan fingerprint density at radius 2 is 1.60 bits per heavy atom. The van der Waals surface area contributed by atoms with Gasteiger partial charge < -0.3 is 14.8 Å². The van der Waals surface area contributed by atoms with Crippen LogP contribution in [0.25, 0.3) is 0 Å². The minimum atomic E-state index is -0.176. The molecule has 0 aliphatic heterocycles. The lowest BCUT2D eigenvalue weighted by Gasteiger charge is -2.34. The van der Waals surface area contributed by atoms with Gasteiger partial charge in [0, 0.05) is 17.5 Å². The van der Waals surface area contributed by atoms with Crippen molar-refractivity contribution in [1.82, 2.24) is 5.32 Å². The molecule has 30 heavy (non-hydrogen) atoms. The molecule has 0 unspecified atom stereocenters. The zero-order chi connectivity index (χ0) is 21.3. The van der Waals surface area contributed by atoms with Gasteiger partial charge >= 0.3 is 11.9 Å². The second kappa shape index (κ2) is 11.5. The second-order valence-electron chi connectivity index (χ2n) is 8.66. The van der Waals surface area contributed by atoms with E-state index in [-0.39, 0.29) is 29.9 Å². The number of carbonyl (C=O) groups excluding carboxylic acids is 2. The predicted molar refractivity (Wildman–Crippen MR) is 117 cm³/mol. The minimum absolute atomic E-state index is 0.115. The zero-order valence-corrected chi connectivity index (χ0v) is 18.7. The van der Waals surface area contributed by atoms with Gasteiger partial charge in [0.1, 0.15) is 0 Å². The third kappa shape index (κ3) is 5.86. The maximum atomic E-state index is 12.5. The zero-order valence-electron chi connectivity index (χ0n) is 18.7. The van der Waals surface area contributed by atoms with Gasteiger partial charge in [0.2, 0.25) is 0 Å². The molecule has 0 aromatic heterocycles. The van der Waals surface area contributed by atoms with Crippen molar-refractivity contribution in [3.63, 3.8) is 0 Å². The predicted octanol–water partition coefficient (Wildman–Crippen LogP) is 4.47. The fourth-order valence-electron chi connectivity index (χ4n) is 5.03. The Bertz CT molecular complexity index is 670. The summed E-state index contributed by atoms with van der Waals surface area (Å²) < 4.78 is 10.6. The Kier molecular flexibility index (Phi) is 8.76. The number of nitrogens with zero attached hydrogens (tertiary/aromatic N) is 1. The van der Waals surface area contributed by atoms with E-state index in [2.05, 4.69) is 5.32 Å². The molecule has 0 amide bonds. The number of esters is 2. The van der Waals surface area contributed by atoms with E-state index >= 15 is 0 Å². The molecular weight excluding hydrogens is 380 g/mol. The first kappa shape index (κ1) is 22.8. The monoisotopic (exact) mass is 418 g/mol. The molecule has 3 rings (SSSR count). The summed E-state index contributed by atoms with van der Waals surface area (Å²) in [7, 11) is 0. The summed E-state index contributed by atoms with van der Waals surface area (Å²) in [5, 5.41) is 3.71. The van der Waals surface area contributed by atoms with E-state index in [9.17, 15) is 9.59 Å². The van der Waals surface area contributed by atoms with Gasteiger partial charge in [-0.05, 0) is 71.6 Å². The summed E-state index contributed by atoms with van der Waals surface area (Å²) in [6, 6.07) is 0.371. The van der Waals surface area contributed by atoms with Gasteiger partial charge in [-0.1, -0.05) is 19.3 Å². The molecule has 0 spiro atoms. The van der Waals surface area contributed by atoms with Crippen LogP contribution in [0.2, 0.25) is 0 Å². The van der Waals surface area contributed by atoms with Crippen LogP contribution in [0.1, 0.15) is 90.9 Å². The molecule has 2 saturated carbocycles. The average molecular weight is 419 g/mol. The van der Waals surface area contributed by atoms with Crippen LogP contribution in [-0.4, -0.2) is 42.9 Å². The topological polar surface area (TPSA) is 77.0 Å². The number of nitrogens with one attached hydrogen (secondary N) is 1. The van der Waals surface area contributed by atoms with Crippen molar-refractivity contribution < 1.29 is 19.1 Å². The van der Waals surface area contributed by atoms with Crippen LogP contribution in [0.15, 0.2) is 16.3 Å². The van der Waals surface area contributed by atoms with Crippen LogP contribution < -0.4 is 5.32 Å². The first-order chi connectivity index (χ1) is 14.6. The summed E-state index contributed by atoms with van der Waals surface area (Å²) >= 11 is 0. The van der Waals surface area contributed by atoms with E-state index < -0.39 is 0 Å². The first-order valence-electron chi connectivity index (χ1n) is 12.0. The van der Waals surface area contributed by atoms with E-state index in [0.29, 0.717) is 13.2 Å². The molecule has 0 radical (unpaired) electrons. The number of hydrogen-bond acceptors (Lipinski definition) is 6. The number of carbonyl (C=O) groups is 2. The summed E-state index contributed by atoms with van der Waals surface area (Å²) in [5.74, 6) is -0.464. The number of ether oxygens (including phenoxy) is 2. The Morgan fingerprint density at radius 1 is 0.900 bits per heavy atom. The van der Waals surface area contributed by atoms with Gasteiger partial charge in [0.25, 0.3) is 0 Å². The summed E-state index contributed by atoms with van der Waals surface area (Å²) in [5.41, 5.74) is 2.91. The van der Waals surface area contributed by atoms with Crippen LogP contribution in [0.3, 0.4) is 0 Å². The summed E-state index contributed by atoms with van der Waals surface area (Å²) in [4.78, 5) is 30.0. The van der Waals surface area contributed by atoms with Gasteiger partial charge in [-0.3, -0.25) is 9.79 Å². The van der Waals surface area contributed by atoms with Crippen LogP contribution in [0.5, 0.6) is 0 Å². The maximum Gasteiger partial charge on any atom is 0.335 e. The minimum Gasteiger partial charge on any atom is -0.465 e. The molecule has 0 heterocycles. The third-order valence-electron chi connectivity index (χ3n) is 6.56. The molecule has 3 aliphatic carbocycles. The Balaban J connectivity index is 1.77. The first-order valence-corrected chi connectivity index (χ1v) is 12.0. The molecule has 3 atom stereocenters. The fourth-order valence-corrected chi connectivity index (χ4v) is 5.03. The van der Waals surface area contributed by atoms with E-state index in [1.807, 2.05) is 13.8 Å². The lowest BCUT2D eigenvalue weighted by atomic mass is 9.85. The van der Waals surface area contributed by atoms with Gasteiger partial charge in [0.05, 0.1) is 30.7 Å². The lowest BCUT2D eigenvalue weighted by molar-refractivity contribution is -0.146. The SMILES string of the molecule is CCOC(=O)C1=C(N[C@@H]2CCCC[C@H]2N=C2CCCC[C@@H]2C(=O)OCC)CCCC1. The van der Waals surface area contributed by atoms with E-state index in [1.165, 1.54) is 6.42 Å². The van der Waals surface area contributed by atoms with Crippen molar-refractivity contribution in [2.24, 2.45) is 10.9 Å². The lowest BCUT2D eigenvalue weighted by Crippen LogP contribution is -2.43. The van der Waals surface area contributed by atoms with Gasteiger partial charge in [-0.2, -0.15) is 0 Å². The van der Waals surface area contributed by atoms with Crippen LogP contribution in [-0.2, 0) is 19.1 Å². The Morgan fingerprint density at radius 3 is 2.40 bits per heavy atom. The summed E-state index contributed by atoms with van der Waals surface area (Å²) in [6.45, 7) is 4.54. The third-order valence-corrected chi connectivity index (χ3v) is 6.56. The summed E-state index contributed by atoms with van der Waals surface area (Å²) in [6.07, 6.45) is 12.1. The maximum absolute atomic E-state index is 12.5. The van der Waals surface area contributed by atoms with Crippen molar-refractivity contribution in [3.05, 3.63) is 11.3 Å². The average Bonchev–Trinajstić information content (AvgIpc) is 2.76. The van der Waals surface area contributed by atoms with Crippen molar-refractivity contribution in [1.29, 1.82) is 0 Å². The normalized spacial score (nSPS) is 28.9. The highest BCUT2D eigenvalue weighted by atomic mass is 16.5. The van der Waals surface area contributed by atoms with Crippen molar-refractivity contribution in [3.8, 4) is 0 Å². The molecule has 6 nitrogen and oxygen atoms in total. The highest BCUT2D eigenvalue weighted by molar-refractivity contribution is 6.02. The van der Waals surface area contributed by atoms with Crippen molar-refractivity contribution in [2.45, 2.75) is 103 Å². The number of allylic oxidation sites excluding steroid dienone is 1. The number of rotatable bonds is 7. The Hall–Kier alpha value is -1.85. The standard InChI is InChI=1S/C24H38N2O4/c1-3-29-23(27)17-11-5-7-13-19(17)25-21-15-9-10-16-22(21)26-20-14-8-6-12-18(20)24(28)30-4-2/h17,21-22,26H,3-16H2,1-2H3/t17-,21+,22+/m0/s1. The highest BCUT2D eigenvalue weighted by Gasteiger charge is 2.32. The van der Waals surface area contributed by atoms with Crippen LogP contribution in [0.4, 0.5) is 0 Å². The molecule has 0 bridgehead atoms. The van der Waals surface area contributed by atoms with E-state index in [1.54, 1.807) is 0 Å². The van der Waals surface area contributed by atoms with Crippen LogP contribution in [0, 0.1) is 5.92 Å². The molecule has 2 fully saturated rings. The fraction of sp³-hybridized carbons (Fsp3) is 0.792. The quantitative estimate of drug-likeness (QED) is 0.617. The van der Waals surface area contributed by atoms with Crippen LogP contribution >= 0.6 is 0 Å². The van der Waals surface area contributed by atoms with Gasteiger partial charge in [-0.15, -0.1) is 0 Å². The molecular formula is C24H38N2O4. The number of aliphatic imine (C=N–C) groups is 1. The van der Waals surface area contributed by atoms with E-state index in [4.69, 9.17) is 14.5 Å². The number of hydrogen-bond donors (Lipinski definition) is 1. The molecule has 3 aliphatic rings. The molecule has 0 saturated heterocycles. The molecule has 0 aromatic carbocycles. The smallest absolute Gasteiger partial charge is 0.335 e. The van der Waals surface area contributed by atoms with Crippen molar-refractivity contribution >= 4 is 17.7 Å². The molecule has 168 valence electrons. The highest BCUT2D eigenvalue weighted by Crippen LogP contribution is 2.30. The van der Waals surface area contributed by atoms with Crippen molar-refractivity contribution in [2.75, 3.05) is 13.2 Å². The van der Waals surface area contributed by atoms with Gasteiger partial charge in [0.15, 0.2) is 0 Å². The van der Waals surface area contributed by atoms with Gasteiger partial charge in [-0.25, -0.2) is 4.79 Å². The molecule has 1 N–H and O–H groups in total. The Labute approximate surface area is 180 Å². The molecule has 0 aromatic rings. The largest absolute Gasteiger partial charge is 0.465 e.